The average Bonchev–Trinajstić information content (AvgIpc) is 2.97. The second-order valence-corrected chi connectivity index (χ2v) is 5.73. The second kappa shape index (κ2) is 13.2. The first-order chi connectivity index (χ1) is 9.93. The first-order valence-electron chi connectivity index (χ1n) is 8.60. The van der Waals surface area contributed by atoms with Crippen LogP contribution in [0.15, 0.2) is 18.7 Å². The fourth-order valence-electron chi connectivity index (χ4n) is 2.49. The summed E-state index contributed by atoms with van der Waals surface area (Å²) in [5, 5.41) is 3.50. The van der Waals surface area contributed by atoms with Crippen molar-refractivity contribution < 1.29 is 0 Å². The Morgan fingerprint density at radius 1 is 0.850 bits per heavy atom. The van der Waals surface area contributed by atoms with Crippen molar-refractivity contribution in [2.45, 2.75) is 77.7 Å². The highest BCUT2D eigenvalue weighted by molar-refractivity contribution is 4.74. The van der Waals surface area contributed by atoms with Crippen LogP contribution in [-0.2, 0) is 6.54 Å². The lowest BCUT2D eigenvalue weighted by molar-refractivity contribution is 0.533. The van der Waals surface area contributed by atoms with E-state index in [1.807, 2.05) is 18.7 Å². The number of imidazole rings is 1. The molecule has 0 bridgehead atoms. The first-order valence-corrected chi connectivity index (χ1v) is 8.60. The minimum atomic E-state index is 1.03. The summed E-state index contributed by atoms with van der Waals surface area (Å²) in [6, 6.07) is 0. The van der Waals surface area contributed by atoms with Crippen molar-refractivity contribution in [1.29, 1.82) is 0 Å². The number of hydrogen-bond donors (Lipinski definition) is 1. The van der Waals surface area contributed by atoms with E-state index in [0.717, 1.165) is 19.6 Å². The molecule has 0 saturated carbocycles. The minimum absolute atomic E-state index is 1.03. The molecule has 1 rings (SSSR count). The molecule has 0 fully saturated rings. The number of nitrogens with zero attached hydrogens (tertiary/aromatic N) is 2. The van der Waals surface area contributed by atoms with Crippen LogP contribution in [0, 0.1) is 0 Å². The maximum Gasteiger partial charge on any atom is 0.0946 e. The third-order valence-electron chi connectivity index (χ3n) is 3.81. The molecule has 3 heteroatoms. The fraction of sp³-hybridized carbons (Fsp3) is 0.824. The zero-order valence-electron chi connectivity index (χ0n) is 13.3. The van der Waals surface area contributed by atoms with Crippen LogP contribution in [0.4, 0.5) is 0 Å². The zero-order valence-corrected chi connectivity index (χ0v) is 13.3. The van der Waals surface area contributed by atoms with Gasteiger partial charge in [-0.2, -0.15) is 0 Å². The smallest absolute Gasteiger partial charge is 0.0946 e. The Morgan fingerprint density at radius 2 is 1.50 bits per heavy atom. The number of nitrogens with one attached hydrogen (secondary N) is 1. The summed E-state index contributed by atoms with van der Waals surface area (Å²) in [5.41, 5.74) is 0. The van der Waals surface area contributed by atoms with E-state index in [0.29, 0.717) is 0 Å². The molecule has 0 spiro atoms. The predicted octanol–water partition coefficient (Wildman–Crippen LogP) is 4.39. The highest BCUT2D eigenvalue weighted by Crippen LogP contribution is 2.10. The van der Waals surface area contributed by atoms with Crippen LogP contribution in [0.1, 0.15) is 71.1 Å². The zero-order chi connectivity index (χ0) is 14.3. The molecule has 20 heavy (non-hydrogen) atoms. The van der Waals surface area contributed by atoms with Crippen molar-refractivity contribution in [2.75, 3.05) is 13.1 Å². The lowest BCUT2D eigenvalue weighted by Gasteiger charge is -2.05. The molecule has 1 N–H and O–H groups in total. The molecule has 0 amide bonds. The summed E-state index contributed by atoms with van der Waals surface area (Å²) in [5.74, 6) is 0. The molecule has 1 aromatic heterocycles. The van der Waals surface area contributed by atoms with E-state index >= 15 is 0 Å². The van der Waals surface area contributed by atoms with Crippen molar-refractivity contribution >= 4 is 0 Å². The van der Waals surface area contributed by atoms with Crippen LogP contribution >= 0.6 is 0 Å². The quantitative estimate of drug-likeness (QED) is 0.512. The molecule has 0 radical (unpaired) electrons. The fourth-order valence-corrected chi connectivity index (χ4v) is 2.49. The summed E-state index contributed by atoms with van der Waals surface area (Å²) in [4.78, 5) is 4.04. The highest BCUT2D eigenvalue weighted by Gasteiger charge is 1.93. The van der Waals surface area contributed by atoms with E-state index in [1.165, 1.54) is 64.2 Å². The third kappa shape index (κ3) is 10.0. The number of rotatable bonds is 14. The molecule has 3 nitrogen and oxygen atoms in total. The van der Waals surface area contributed by atoms with Gasteiger partial charge in [-0.3, -0.25) is 0 Å². The SMILES string of the molecule is CCCCCCCCCCCCNCCn1ccnc1. The van der Waals surface area contributed by atoms with Gasteiger partial charge in [-0.15, -0.1) is 0 Å². The van der Waals surface area contributed by atoms with Gasteiger partial charge in [-0.25, -0.2) is 4.98 Å². The van der Waals surface area contributed by atoms with Crippen LogP contribution in [-0.4, -0.2) is 22.6 Å². The van der Waals surface area contributed by atoms with Crippen LogP contribution in [0.5, 0.6) is 0 Å². The Balaban J connectivity index is 1.70. The maximum absolute atomic E-state index is 4.04. The van der Waals surface area contributed by atoms with Gasteiger partial charge in [-0.1, -0.05) is 64.7 Å². The Kier molecular flexibility index (Phi) is 11.3. The van der Waals surface area contributed by atoms with Crippen molar-refractivity contribution in [3.63, 3.8) is 0 Å². The van der Waals surface area contributed by atoms with E-state index in [2.05, 4.69) is 21.8 Å². The standard InChI is InChI=1S/C17H33N3/c1-2-3-4-5-6-7-8-9-10-11-12-18-13-15-20-16-14-19-17-20/h14,16-18H,2-13,15H2,1H3. The first kappa shape index (κ1) is 17.2. The van der Waals surface area contributed by atoms with Crippen LogP contribution in [0.2, 0.25) is 0 Å². The van der Waals surface area contributed by atoms with Crippen LogP contribution < -0.4 is 5.32 Å². The molecular formula is C17H33N3. The Morgan fingerprint density at radius 3 is 2.10 bits per heavy atom. The van der Waals surface area contributed by atoms with E-state index in [4.69, 9.17) is 0 Å². The summed E-state index contributed by atoms with van der Waals surface area (Å²) in [7, 11) is 0. The second-order valence-electron chi connectivity index (χ2n) is 5.73. The molecule has 1 heterocycles. The molecule has 1 aromatic rings. The minimum Gasteiger partial charge on any atom is -0.336 e. The molecular weight excluding hydrogens is 246 g/mol. The molecule has 0 aromatic carbocycles. The van der Waals surface area contributed by atoms with Gasteiger partial charge in [0.05, 0.1) is 6.33 Å². The van der Waals surface area contributed by atoms with Gasteiger partial charge in [-0.05, 0) is 13.0 Å². The van der Waals surface area contributed by atoms with Gasteiger partial charge in [0.2, 0.25) is 0 Å². The number of hydrogen-bond acceptors (Lipinski definition) is 2. The number of unbranched alkanes of at least 4 members (excludes halogenated alkanes) is 9. The molecule has 0 atom stereocenters. The van der Waals surface area contributed by atoms with E-state index < -0.39 is 0 Å². The highest BCUT2D eigenvalue weighted by atomic mass is 15.0. The van der Waals surface area contributed by atoms with Gasteiger partial charge >= 0.3 is 0 Å². The summed E-state index contributed by atoms with van der Waals surface area (Å²) in [6.45, 7) is 5.51. The van der Waals surface area contributed by atoms with Crippen molar-refractivity contribution in [2.24, 2.45) is 0 Å². The van der Waals surface area contributed by atoms with Crippen molar-refractivity contribution in [1.82, 2.24) is 14.9 Å². The van der Waals surface area contributed by atoms with Crippen molar-refractivity contribution in [3.8, 4) is 0 Å². The van der Waals surface area contributed by atoms with E-state index in [1.54, 1.807) is 0 Å². The Hall–Kier alpha value is -0.830. The lowest BCUT2D eigenvalue weighted by atomic mass is 10.1. The third-order valence-corrected chi connectivity index (χ3v) is 3.81. The number of aromatic nitrogens is 2. The normalized spacial score (nSPS) is 11.1. The molecule has 0 aliphatic heterocycles. The molecule has 0 saturated heterocycles. The Bertz CT molecular complexity index is 282. The van der Waals surface area contributed by atoms with Crippen LogP contribution in [0.3, 0.4) is 0 Å². The average molecular weight is 279 g/mol. The largest absolute Gasteiger partial charge is 0.336 e. The van der Waals surface area contributed by atoms with Gasteiger partial charge in [0.1, 0.15) is 0 Å². The topological polar surface area (TPSA) is 29.9 Å². The van der Waals surface area contributed by atoms with E-state index in [9.17, 15) is 0 Å². The molecule has 0 unspecified atom stereocenters. The molecule has 0 aliphatic rings. The van der Waals surface area contributed by atoms with Gasteiger partial charge in [0.25, 0.3) is 0 Å². The van der Waals surface area contributed by atoms with Gasteiger partial charge in [0.15, 0.2) is 0 Å². The van der Waals surface area contributed by atoms with Crippen molar-refractivity contribution in [3.05, 3.63) is 18.7 Å². The molecule has 0 aliphatic carbocycles. The maximum atomic E-state index is 4.04. The summed E-state index contributed by atoms with van der Waals surface area (Å²) in [6.07, 6.45) is 19.8. The molecule has 116 valence electrons. The summed E-state index contributed by atoms with van der Waals surface area (Å²) < 4.78 is 2.12. The van der Waals surface area contributed by atoms with Crippen LogP contribution in [0.25, 0.3) is 0 Å². The van der Waals surface area contributed by atoms with E-state index in [-0.39, 0.29) is 0 Å². The van der Waals surface area contributed by atoms with Gasteiger partial charge < -0.3 is 9.88 Å². The Labute approximate surface area is 125 Å². The lowest BCUT2D eigenvalue weighted by Crippen LogP contribution is -2.20. The summed E-state index contributed by atoms with van der Waals surface area (Å²) >= 11 is 0. The van der Waals surface area contributed by atoms with Gasteiger partial charge in [0, 0.05) is 25.5 Å². The monoisotopic (exact) mass is 279 g/mol. The predicted molar refractivity (Wildman–Crippen MR) is 86.9 cm³/mol.